The highest BCUT2D eigenvalue weighted by Crippen LogP contribution is 2.27. The van der Waals surface area contributed by atoms with E-state index in [1.54, 1.807) is 4.68 Å². The smallest absolute Gasteiger partial charge is 0.231 e. The second-order valence-corrected chi connectivity index (χ2v) is 5.40. The minimum Gasteiger partial charge on any atom is -0.329 e. The van der Waals surface area contributed by atoms with Crippen molar-refractivity contribution in [1.29, 1.82) is 0 Å². The third kappa shape index (κ3) is 2.99. The summed E-state index contributed by atoms with van der Waals surface area (Å²) in [5, 5.41) is 14.1. The van der Waals surface area contributed by atoms with Gasteiger partial charge in [0.1, 0.15) is 6.33 Å². The van der Waals surface area contributed by atoms with E-state index in [-0.39, 0.29) is 5.91 Å². The van der Waals surface area contributed by atoms with Crippen molar-refractivity contribution in [3.05, 3.63) is 30.1 Å². The van der Waals surface area contributed by atoms with Crippen molar-refractivity contribution < 1.29 is 4.79 Å². The van der Waals surface area contributed by atoms with Gasteiger partial charge in [0, 0.05) is 12.2 Å². The zero-order valence-electron chi connectivity index (χ0n) is 13.2. The van der Waals surface area contributed by atoms with Gasteiger partial charge in [0.2, 0.25) is 5.91 Å². The van der Waals surface area contributed by atoms with Gasteiger partial charge in [-0.15, -0.1) is 5.10 Å². The Balaban J connectivity index is 2.27. The molecule has 1 heterocycles. The first kappa shape index (κ1) is 16.1. The van der Waals surface area contributed by atoms with Crippen molar-refractivity contribution in [3.63, 3.8) is 0 Å². The molecule has 0 radical (unpaired) electrons. The Morgan fingerprint density at radius 2 is 2.09 bits per heavy atom. The summed E-state index contributed by atoms with van der Waals surface area (Å²) in [7, 11) is 0. The Morgan fingerprint density at radius 1 is 1.36 bits per heavy atom. The van der Waals surface area contributed by atoms with Crippen molar-refractivity contribution >= 4 is 11.6 Å². The van der Waals surface area contributed by atoms with Gasteiger partial charge < -0.3 is 11.1 Å². The fraction of sp³-hybridized carbons (Fsp3) is 0.467. The largest absolute Gasteiger partial charge is 0.329 e. The fourth-order valence-corrected chi connectivity index (χ4v) is 2.42. The number of nitrogens with zero attached hydrogens (tertiary/aromatic N) is 4. The van der Waals surface area contributed by atoms with E-state index in [4.69, 9.17) is 5.73 Å². The summed E-state index contributed by atoms with van der Waals surface area (Å²) >= 11 is 0. The number of benzene rings is 1. The standard InChI is InChI=1S/C15H22N6O/c1-4-15(5-2,9-16)14(22)18-12-7-6-11(3)13(8-12)21-10-17-19-20-21/h6-8,10H,4-5,9,16H2,1-3H3,(H,18,22). The molecule has 118 valence electrons. The lowest BCUT2D eigenvalue weighted by Crippen LogP contribution is -2.41. The molecule has 0 saturated heterocycles. The van der Waals surface area contributed by atoms with Gasteiger partial charge in [-0.25, -0.2) is 4.68 Å². The Labute approximate surface area is 129 Å². The van der Waals surface area contributed by atoms with Crippen LogP contribution in [0.25, 0.3) is 5.69 Å². The number of aryl methyl sites for hydroxylation is 1. The number of hydrogen-bond donors (Lipinski definition) is 2. The van der Waals surface area contributed by atoms with Gasteiger partial charge in [0.25, 0.3) is 0 Å². The van der Waals surface area contributed by atoms with Crippen LogP contribution >= 0.6 is 0 Å². The van der Waals surface area contributed by atoms with E-state index in [0.29, 0.717) is 25.1 Å². The lowest BCUT2D eigenvalue weighted by atomic mass is 9.81. The second-order valence-electron chi connectivity index (χ2n) is 5.40. The number of aromatic nitrogens is 4. The predicted molar refractivity (Wildman–Crippen MR) is 84.6 cm³/mol. The number of tetrazole rings is 1. The maximum Gasteiger partial charge on any atom is 0.231 e. The molecule has 22 heavy (non-hydrogen) atoms. The normalized spacial score (nSPS) is 11.5. The highest BCUT2D eigenvalue weighted by molar-refractivity contribution is 5.95. The summed E-state index contributed by atoms with van der Waals surface area (Å²) in [5.74, 6) is -0.0495. The van der Waals surface area contributed by atoms with Crippen LogP contribution in [0.4, 0.5) is 5.69 Å². The number of nitrogens with one attached hydrogen (secondary N) is 1. The molecule has 0 fully saturated rings. The molecular formula is C15H22N6O. The van der Waals surface area contributed by atoms with Crippen LogP contribution < -0.4 is 11.1 Å². The molecule has 1 aromatic carbocycles. The van der Waals surface area contributed by atoms with Gasteiger partial charge in [-0.1, -0.05) is 19.9 Å². The van der Waals surface area contributed by atoms with Crippen molar-refractivity contribution in [2.45, 2.75) is 33.6 Å². The van der Waals surface area contributed by atoms with Gasteiger partial charge in [0.05, 0.1) is 11.1 Å². The average molecular weight is 302 g/mol. The van der Waals surface area contributed by atoms with Crippen LogP contribution in [0.5, 0.6) is 0 Å². The topological polar surface area (TPSA) is 98.7 Å². The number of carbonyl (C=O) groups is 1. The van der Waals surface area contributed by atoms with E-state index in [1.165, 1.54) is 6.33 Å². The molecule has 1 amide bonds. The molecule has 1 aromatic heterocycles. The monoisotopic (exact) mass is 302 g/mol. The summed E-state index contributed by atoms with van der Waals surface area (Å²) in [6.45, 7) is 6.26. The number of amides is 1. The van der Waals surface area contributed by atoms with Gasteiger partial charge in [-0.3, -0.25) is 4.79 Å². The quantitative estimate of drug-likeness (QED) is 0.845. The van der Waals surface area contributed by atoms with Crippen LogP contribution in [0, 0.1) is 12.3 Å². The van der Waals surface area contributed by atoms with Crippen LogP contribution in [0.3, 0.4) is 0 Å². The number of carbonyl (C=O) groups excluding carboxylic acids is 1. The van der Waals surface area contributed by atoms with E-state index in [9.17, 15) is 4.79 Å². The van der Waals surface area contributed by atoms with Gasteiger partial charge in [0.15, 0.2) is 0 Å². The second kappa shape index (κ2) is 6.65. The van der Waals surface area contributed by atoms with Gasteiger partial charge >= 0.3 is 0 Å². The fourth-order valence-electron chi connectivity index (χ4n) is 2.42. The molecule has 0 aliphatic heterocycles. The molecule has 2 rings (SSSR count). The Hall–Kier alpha value is -2.28. The van der Waals surface area contributed by atoms with Crippen LogP contribution in [-0.4, -0.2) is 32.7 Å². The summed E-state index contributed by atoms with van der Waals surface area (Å²) in [5.41, 5.74) is 7.85. The summed E-state index contributed by atoms with van der Waals surface area (Å²) in [6, 6.07) is 5.65. The first-order chi connectivity index (χ1) is 10.6. The molecule has 7 heteroatoms. The Kier molecular flexibility index (Phi) is 4.87. The molecule has 0 aliphatic carbocycles. The predicted octanol–water partition coefficient (Wildman–Crippen LogP) is 1.67. The van der Waals surface area contributed by atoms with Crippen LogP contribution in [0.15, 0.2) is 24.5 Å². The molecule has 0 spiro atoms. The van der Waals surface area contributed by atoms with Crippen LogP contribution in [-0.2, 0) is 4.79 Å². The summed E-state index contributed by atoms with van der Waals surface area (Å²) in [6.07, 6.45) is 2.94. The molecule has 3 N–H and O–H groups in total. The van der Waals surface area contributed by atoms with Crippen LogP contribution in [0.1, 0.15) is 32.3 Å². The SMILES string of the molecule is CCC(CC)(CN)C(=O)Nc1ccc(C)c(-n2cnnn2)c1. The average Bonchev–Trinajstić information content (AvgIpc) is 3.06. The van der Waals surface area contributed by atoms with Crippen molar-refractivity contribution in [1.82, 2.24) is 20.2 Å². The lowest BCUT2D eigenvalue weighted by molar-refractivity contribution is -0.125. The van der Waals surface area contributed by atoms with Crippen LogP contribution in [0.2, 0.25) is 0 Å². The van der Waals surface area contributed by atoms with Crippen molar-refractivity contribution in [3.8, 4) is 5.69 Å². The number of anilines is 1. The molecular weight excluding hydrogens is 280 g/mol. The molecule has 2 aromatic rings. The summed E-state index contributed by atoms with van der Waals surface area (Å²) in [4.78, 5) is 12.6. The van der Waals surface area contributed by atoms with Gasteiger partial charge in [-0.2, -0.15) is 0 Å². The lowest BCUT2D eigenvalue weighted by Gasteiger charge is -2.28. The first-order valence-electron chi connectivity index (χ1n) is 7.42. The minimum atomic E-state index is -0.528. The number of rotatable bonds is 6. The van der Waals surface area contributed by atoms with E-state index in [0.717, 1.165) is 11.3 Å². The van der Waals surface area contributed by atoms with E-state index >= 15 is 0 Å². The first-order valence-corrected chi connectivity index (χ1v) is 7.42. The van der Waals surface area contributed by atoms with E-state index in [1.807, 2.05) is 39.0 Å². The number of nitrogens with two attached hydrogens (primary N) is 1. The van der Waals surface area contributed by atoms with Crippen molar-refractivity contribution in [2.75, 3.05) is 11.9 Å². The third-order valence-electron chi connectivity index (χ3n) is 4.29. The molecule has 0 atom stereocenters. The highest BCUT2D eigenvalue weighted by atomic mass is 16.2. The zero-order chi connectivity index (χ0) is 16.2. The Bertz CT molecular complexity index is 625. The van der Waals surface area contributed by atoms with Crippen molar-refractivity contribution in [2.24, 2.45) is 11.1 Å². The van der Waals surface area contributed by atoms with Gasteiger partial charge in [-0.05, 0) is 47.9 Å². The third-order valence-corrected chi connectivity index (χ3v) is 4.29. The van der Waals surface area contributed by atoms with E-state index in [2.05, 4.69) is 20.8 Å². The molecule has 0 unspecified atom stereocenters. The molecule has 0 aliphatic rings. The Morgan fingerprint density at radius 3 is 2.64 bits per heavy atom. The molecule has 0 saturated carbocycles. The molecule has 0 bridgehead atoms. The summed E-state index contributed by atoms with van der Waals surface area (Å²) < 4.78 is 1.57. The zero-order valence-corrected chi connectivity index (χ0v) is 13.2. The highest BCUT2D eigenvalue weighted by Gasteiger charge is 2.33. The molecule has 7 nitrogen and oxygen atoms in total. The minimum absolute atomic E-state index is 0.0495. The maximum atomic E-state index is 12.6. The maximum absolute atomic E-state index is 12.6. The van der Waals surface area contributed by atoms with E-state index < -0.39 is 5.41 Å². The number of hydrogen-bond acceptors (Lipinski definition) is 5.